The first-order chi connectivity index (χ1) is 11.6. The first kappa shape index (κ1) is 20.3. The van der Waals surface area contributed by atoms with Crippen LogP contribution < -0.4 is 10.2 Å². The van der Waals surface area contributed by atoms with E-state index in [0.717, 1.165) is 6.07 Å². The van der Waals surface area contributed by atoms with Gasteiger partial charge in [0.1, 0.15) is 0 Å². The Bertz CT molecular complexity index is 778. The van der Waals surface area contributed by atoms with Crippen LogP contribution in [0.4, 0.5) is 5.69 Å². The zero-order valence-electron chi connectivity index (χ0n) is 13.1. The van der Waals surface area contributed by atoms with E-state index >= 15 is 0 Å². The van der Waals surface area contributed by atoms with E-state index in [9.17, 15) is 20.3 Å². The van der Waals surface area contributed by atoms with Gasteiger partial charge < -0.3 is 10.2 Å². The molecule has 0 saturated heterocycles. The van der Waals surface area contributed by atoms with Gasteiger partial charge in [0.05, 0.1) is 4.92 Å². The minimum Gasteiger partial charge on any atom is -0.872 e. The van der Waals surface area contributed by atoms with E-state index in [-0.39, 0.29) is 39.2 Å². The van der Waals surface area contributed by atoms with Crippen LogP contribution in [0, 0.1) is 10.1 Å². The number of nitrogens with zero attached hydrogens (tertiary/aromatic N) is 3. The zero-order chi connectivity index (χ0) is 17.4. The van der Waals surface area contributed by atoms with Gasteiger partial charge in [-0.1, -0.05) is 36.1 Å². The van der Waals surface area contributed by atoms with Gasteiger partial charge in [-0.2, -0.15) is 0 Å². The first-order valence-corrected chi connectivity index (χ1v) is 7.29. The van der Waals surface area contributed by atoms with Crippen molar-refractivity contribution in [2.45, 2.75) is 6.42 Å². The maximum absolute atomic E-state index is 11.6. The van der Waals surface area contributed by atoms with Crippen molar-refractivity contribution in [3.05, 3.63) is 63.7 Å². The molecule has 25 heavy (non-hydrogen) atoms. The molecule has 0 radical (unpaired) electrons. The molecule has 0 spiro atoms. The van der Waals surface area contributed by atoms with Gasteiger partial charge in [-0.25, -0.2) is 0 Å². The topological polar surface area (TPSA) is 114 Å². The smallest absolute Gasteiger partial charge is 0.872 e. The Morgan fingerprint density at radius 1 is 0.920 bits per heavy atom. The molecule has 0 aliphatic heterocycles. The molecule has 2 rings (SSSR count). The molecular weight excluding hydrogens is 369 g/mol. The average Bonchev–Trinajstić information content (AvgIpc) is 2.56. The number of nitro groups is 1. The van der Waals surface area contributed by atoms with Gasteiger partial charge in [-0.15, -0.1) is 5.75 Å². The van der Waals surface area contributed by atoms with Crippen molar-refractivity contribution in [3.63, 3.8) is 0 Å². The first-order valence-electron chi connectivity index (χ1n) is 7.29. The summed E-state index contributed by atoms with van der Waals surface area (Å²) in [4.78, 5) is 18.4. The summed E-state index contributed by atoms with van der Waals surface area (Å²) in [6.07, 6.45) is 3.51. The van der Waals surface area contributed by atoms with Crippen molar-refractivity contribution in [2.75, 3.05) is 13.1 Å². The van der Waals surface area contributed by atoms with Crippen molar-refractivity contribution in [1.29, 1.82) is 0 Å². The van der Waals surface area contributed by atoms with Crippen LogP contribution in [0.5, 0.6) is 11.5 Å². The summed E-state index contributed by atoms with van der Waals surface area (Å²) < 4.78 is 0. The van der Waals surface area contributed by atoms with E-state index in [1.165, 1.54) is 30.6 Å². The van der Waals surface area contributed by atoms with E-state index in [1.54, 1.807) is 18.2 Å². The van der Waals surface area contributed by atoms with E-state index in [4.69, 9.17) is 0 Å². The number of hydrogen-bond donors (Lipinski definition) is 0. The Morgan fingerprint density at radius 2 is 1.52 bits per heavy atom. The molecule has 132 valence electrons. The van der Waals surface area contributed by atoms with E-state index in [0.29, 0.717) is 25.1 Å². The van der Waals surface area contributed by atoms with Gasteiger partial charge in [-0.05, 0) is 17.5 Å². The van der Waals surface area contributed by atoms with Crippen molar-refractivity contribution < 1.29 is 31.6 Å². The summed E-state index contributed by atoms with van der Waals surface area (Å²) in [5, 5.41) is 33.7. The maximum Gasteiger partial charge on any atom is 2.00 e. The van der Waals surface area contributed by atoms with Crippen LogP contribution in [0.3, 0.4) is 0 Å². The normalized spacial score (nSPS) is 10.9. The summed E-state index contributed by atoms with van der Waals surface area (Å²) in [5.41, 5.74) is 0.582. The molecule has 0 heterocycles. The minimum absolute atomic E-state index is 0. The maximum atomic E-state index is 11.6. The Kier molecular flexibility index (Phi) is 8.29. The SMILES string of the molecule is O=[N+]([O-])c1ccc([O-])c(C=NCCCN=Cc2ccccc2[O-])c1.[Ni+2]. The molecule has 2 aromatic carbocycles. The van der Waals surface area contributed by atoms with Crippen LogP contribution in [-0.2, 0) is 16.5 Å². The van der Waals surface area contributed by atoms with Gasteiger partial charge in [-0.3, -0.25) is 20.1 Å². The van der Waals surface area contributed by atoms with Crippen LogP contribution in [0.2, 0.25) is 0 Å². The molecule has 0 fully saturated rings. The van der Waals surface area contributed by atoms with Crippen molar-refractivity contribution in [2.24, 2.45) is 9.98 Å². The summed E-state index contributed by atoms with van der Waals surface area (Å²) in [6.45, 7) is 0.920. The molecule has 2 aromatic rings. The fourth-order valence-corrected chi connectivity index (χ4v) is 1.92. The number of non-ortho nitro benzene ring substituents is 1. The number of benzene rings is 2. The molecule has 8 heteroatoms. The number of para-hydroxylation sites is 1. The summed E-state index contributed by atoms with van der Waals surface area (Å²) in [6, 6.07) is 10.1. The second-order valence-corrected chi connectivity index (χ2v) is 4.94. The Balaban J connectivity index is 0.00000312. The quantitative estimate of drug-likeness (QED) is 0.238. The molecule has 0 saturated carbocycles. The molecule has 0 amide bonds. The number of rotatable bonds is 7. The largest absolute Gasteiger partial charge is 2.00 e. The molecule has 0 atom stereocenters. The van der Waals surface area contributed by atoms with E-state index in [2.05, 4.69) is 9.98 Å². The molecule has 0 aliphatic rings. The van der Waals surface area contributed by atoms with Crippen molar-refractivity contribution >= 4 is 18.1 Å². The predicted molar refractivity (Wildman–Crippen MR) is 88.0 cm³/mol. The van der Waals surface area contributed by atoms with E-state index in [1.807, 2.05) is 0 Å². The van der Waals surface area contributed by atoms with Crippen LogP contribution in [0.1, 0.15) is 17.5 Å². The third-order valence-corrected chi connectivity index (χ3v) is 3.16. The number of nitro benzene ring substituents is 1. The molecular formula is C17H15N3NiO4. The standard InChI is InChI=1S/C17H17N3O4.Ni/c21-16-5-2-1-4-13(16)11-18-8-3-9-19-12-14-10-15(20(23)24)6-7-17(14)22;/h1-2,4-7,10-12,21-22H,3,8-9H2;/q;+2/p-2. The molecule has 0 N–H and O–H groups in total. The van der Waals surface area contributed by atoms with Crippen LogP contribution in [0.15, 0.2) is 52.4 Å². The molecule has 0 bridgehead atoms. The number of hydrogen-bond acceptors (Lipinski definition) is 6. The second kappa shape index (κ2) is 10.2. The molecule has 0 aromatic heterocycles. The van der Waals surface area contributed by atoms with Gasteiger partial charge in [0, 0.05) is 37.7 Å². The fourth-order valence-electron chi connectivity index (χ4n) is 1.92. The molecule has 0 unspecified atom stereocenters. The van der Waals surface area contributed by atoms with Crippen molar-refractivity contribution in [1.82, 2.24) is 0 Å². The third kappa shape index (κ3) is 6.35. The van der Waals surface area contributed by atoms with Gasteiger partial charge in [0.15, 0.2) is 0 Å². The Morgan fingerprint density at radius 3 is 2.16 bits per heavy atom. The second-order valence-electron chi connectivity index (χ2n) is 4.94. The number of aliphatic imine (C=N–C) groups is 2. The molecule has 0 aliphatic carbocycles. The summed E-state index contributed by atoms with van der Waals surface area (Å²) >= 11 is 0. The third-order valence-electron chi connectivity index (χ3n) is 3.16. The van der Waals surface area contributed by atoms with Crippen LogP contribution in [0.25, 0.3) is 0 Å². The zero-order valence-corrected chi connectivity index (χ0v) is 14.1. The monoisotopic (exact) mass is 383 g/mol. The fraction of sp³-hybridized carbons (Fsp3) is 0.176. The average molecular weight is 384 g/mol. The van der Waals surface area contributed by atoms with E-state index < -0.39 is 4.92 Å². The Hall–Kier alpha value is -2.73. The van der Waals surface area contributed by atoms with Crippen LogP contribution in [-0.4, -0.2) is 30.4 Å². The van der Waals surface area contributed by atoms with Gasteiger partial charge >= 0.3 is 16.5 Å². The summed E-state index contributed by atoms with van der Waals surface area (Å²) in [7, 11) is 0. The van der Waals surface area contributed by atoms with Gasteiger partial charge in [0.25, 0.3) is 5.69 Å². The van der Waals surface area contributed by atoms with Gasteiger partial charge in [0.2, 0.25) is 0 Å². The predicted octanol–water partition coefficient (Wildman–Crippen LogP) is 1.67. The minimum atomic E-state index is -0.556. The summed E-state index contributed by atoms with van der Waals surface area (Å²) in [5.74, 6) is -0.387. The molecule has 7 nitrogen and oxygen atoms in total. The Labute approximate surface area is 154 Å². The van der Waals surface area contributed by atoms with Crippen LogP contribution >= 0.6 is 0 Å². The van der Waals surface area contributed by atoms with Crippen molar-refractivity contribution in [3.8, 4) is 11.5 Å².